The Morgan fingerprint density at radius 3 is 2.71 bits per heavy atom. The van der Waals surface area contributed by atoms with Crippen molar-refractivity contribution in [3.8, 4) is 0 Å². The number of allylic oxidation sites excluding steroid dienone is 8. The summed E-state index contributed by atoms with van der Waals surface area (Å²) >= 11 is 0. The SMILES string of the molecule is C=C1CN(CCC(=O)C2C=CC=CC2)C(C)CN1CCC(=O)C1=CCCC=C1. The van der Waals surface area contributed by atoms with Gasteiger partial charge in [-0.25, -0.2) is 0 Å². The van der Waals surface area contributed by atoms with E-state index < -0.39 is 0 Å². The lowest BCUT2D eigenvalue weighted by Gasteiger charge is -2.42. The van der Waals surface area contributed by atoms with Crippen molar-refractivity contribution in [2.45, 2.75) is 45.1 Å². The van der Waals surface area contributed by atoms with E-state index in [-0.39, 0.29) is 11.7 Å². The molecule has 0 aromatic carbocycles. The van der Waals surface area contributed by atoms with Crippen molar-refractivity contribution in [3.63, 3.8) is 0 Å². The van der Waals surface area contributed by atoms with Crippen LogP contribution in [0.2, 0.25) is 0 Å². The van der Waals surface area contributed by atoms with Crippen molar-refractivity contribution >= 4 is 11.6 Å². The molecule has 0 bridgehead atoms. The third kappa shape index (κ3) is 5.41. The average Bonchev–Trinajstić information content (AvgIpc) is 2.73. The Hall–Kier alpha value is -2.20. The van der Waals surface area contributed by atoms with Gasteiger partial charge < -0.3 is 4.90 Å². The third-order valence-corrected chi connectivity index (χ3v) is 5.91. The van der Waals surface area contributed by atoms with Crippen LogP contribution in [-0.4, -0.2) is 53.6 Å². The normalized spacial score (nSPS) is 25.1. The van der Waals surface area contributed by atoms with Crippen LogP contribution in [0.1, 0.15) is 39.0 Å². The van der Waals surface area contributed by atoms with Gasteiger partial charge in [-0.2, -0.15) is 0 Å². The molecule has 4 nitrogen and oxygen atoms in total. The van der Waals surface area contributed by atoms with Crippen LogP contribution in [0.3, 0.4) is 0 Å². The topological polar surface area (TPSA) is 40.6 Å². The molecular formula is C24H32N2O2. The fourth-order valence-corrected chi connectivity index (χ4v) is 4.06. The molecular weight excluding hydrogens is 348 g/mol. The van der Waals surface area contributed by atoms with E-state index in [2.05, 4.69) is 35.5 Å². The molecule has 28 heavy (non-hydrogen) atoms. The highest BCUT2D eigenvalue weighted by Gasteiger charge is 2.27. The number of carbonyl (C=O) groups excluding carboxylic acids is 2. The predicted molar refractivity (Wildman–Crippen MR) is 114 cm³/mol. The molecule has 3 rings (SSSR count). The molecule has 1 saturated heterocycles. The van der Waals surface area contributed by atoms with Crippen LogP contribution in [-0.2, 0) is 9.59 Å². The molecule has 1 fully saturated rings. The zero-order valence-electron chi connectivity index (χ0n) is 17.0. The molecule has 0 spiro atoms. The highest BCUT2D eigenvalue weighted by Crippen LogP contribution is 2.20. The van der Waals surface area contributed by atoms with E-state index in [9.17, 15) is 9.59 Å². The standard InChI is InChI=1S/C24H32N2O2/c1-19-17-26(16-14-24(28)22-11-7-4-8-12-22)20(2)18-25(19)15-13-23(27)21-9-5-3-6-10-21/h4-5,7-11,20,22H,1,3,6,12-18H2,2H3. The van der Waals surface area contributed by atoms with Gasteiger partial charge in [-0.3, -0.25) is 14.5 Å². The lowest BCUT2D eigenvalue weighted by molar-refractivity contribution is -0.122. The van der Waals surface area contributed by atoms with Crippen molar-refractivity contribution in [2.75, 3.05) is 26.2 Å². The lowest BCUT2D eigenvalue weighted by Crippen LogP contribution is -2.51. The first-order valence-electron chi connectivity index (χ1n) is 10.5. The highest BCUT2D eigenvalue weighted by atomic mass is 16.1. The van der Waals surface area contributed by atoms with Gasteiger partial charge in [-0.15, -0.1) is 0 Å². The van der Waals surface area contributed by atoms with E-state index in [4.69, 9.17) is 0 Å². The molecule has 0 N–H and O–H groups in total. The quantitative estimate of drug-likeness (QED) is 0.642. The van der Waals surface area contributed by atoms with Gasteiger partial charge in [0.15, 0.2) is 5.78 Å². The van der Waals surface area contributed by atoms with Gasteiger partial charge in [-0.05, 0) is 26.2 Å². The van der Waals surface area contributed by atoms with Gasteiger partial charge in [0, 0.05) is 62.3 Å². The van der Waals surface area contributed by atoms with Crippen molar-refractivity contribution < 1.29 is 9.59 Å². The summed E-state index contributed by atoms with van der Waals surface area (Å²) in [5, 5.41) is 0. The Morgan fingerprint density at radius 1 is 1.14 bits per heavy atom. The number of Topliss-reactive ketones (excluding diaryl/α,β-unsaturated/α-hetero) is 2. The molecule has 2 aliphatic carbocycles. The molecule has 3 aliphatic rings. The summed E-state index contributed by atoms with van der Waals surface area (Å²) in [7, 11) is 0. The molecule has 0 amide bonds. The number of hydrogen-bond donors (Lipinski definition) is 0. The Morgan fingerprint density at radius 2 is 2.00 bits per heavy atom. The van der Waals surface area contributed by atoms with Crippen molar-refractivity contribution in [1.82, 2.24) is 9.80 Å². The predicted octanol–water partition coefficient (Wildman–Crippen LogP) is 3.83. The summed E-state index contributed by atoms with van der Waals surface area (Å²) in [6, 6.07) is 0.351. The number of ketones is 2. The smallest absolute Gasteiger partial charge is 0.164 e. The minimum atomic E-state index is 0.0407. The Kier molecular flexibility index (Phi) is 7.21. The minimum Gasteiger partial charge on any atom is -0.372 e. The number of rotatable bonds is 8. The minimum absolute atomic E-state index is 0.0407. The van der Waals surface area contributed by atoms with E-state index in [1.165, 1.54) is 0 Å². The first-order chi connectivity index (χ1) is 13.5. The fraction of sp³-hybridized carbons (Fsp3) is 0.500. The molecule has 1 heterocycles. The molecule has 150 valence electrons. The maximum atomic E-state index is 12.4. The van der Waals surface area contributed by atoms with Gasteiger partial charge >= 0.3 is 0 Å². The van der Waals surface area contributed by atoms with Gasteiger partial charge in [0.05, 0.1) is 0 Å². The number of piperazine rings is 1. The Balaban J connectivity index is 1.43. The van der Waals surface area contributed by atoms with Crippen LogP contribution >= 0.6 is 0 Å². The van der Waals surface area contributed by atoms with E-state index in [0.717, 1.165) is 56.7 Å². The average molecular weight is 381 g/mol. The van der Waals surface area contributed by atoms with Gasteiger partial charge in [0.2, 0.25) is 0 Å². The molecule has 0 radical (unpaired) electrons. The van der Waals surface area contributed by atoms with Gasteiger partial charge in [0.25, 0.3) is 0 Å². The summed E-state index contributed by atoms with van der Waals surface area (Å²) < 4.78 is 0. The first-order valence-corrected chi connectivity index (χ1v) is 10.5. The summed E-state index contributed by atoms with van der Waals surface area (Å²) in [5.74, 6) is 0.582. The second kappa shape index (κ2) is 9.83. The van der Waals surface area contributed by atoms with Crippen molar-refractivity contribution in [1.29, 1.82) is 0 Å². The molecule has 4 heteroatoms. The highest BCUT2D eigenvalue weighted by molar-refractivity contribution is 5.98. The Bertz CT molecular complexity index is 729. The molecule has 0 saturated carbocycles. The summed E-state index contributed by atoms with van der Waals surface area (Å²) in [6.45, 7) is 9.55. The van der Waals surface area contributed by atoms with E-state index in [1.54, 1.807) is 0 Å². The molecule has 0 aromatic heterocycles. The van der Waals surface area contributed by atoms with E-state index in [0.29, 0.717) is 24.7 Å². The second-order valence-corrected chi connectivity index (χ2v) is 8.02. The van der Waals surface area contributed by atoms with Crippen molar-refractivity contribution in [3.05, 3.63) is 60.4 Å². The zero-order chi connectivity index (χ0) is 19.9. The van der Waals surface area contributed by atoms with Crippen LogP contribution in [0.15, 0.2) is 60.4 Å². The monoisotopic (exact) mass is 380 g/mol. The summed E-state index contributed by atoms with van der Waals surface area (Å²) in [4.78, 5) is 29.4. The van der Waals surface area contributed by atoms with Crippen LogP contribution in [0.25, 0.3) is 0 Å². The lowest BCUT2D eigenvalue weighted by atomic mass is 9.94. The molecule has 2 atom stereocenters. The van der Waals surface area contributed by atoms with Gasteiger partial charge in [0.1, 0.15) is 5.78 Å². The van der Waals surface area contributed by atoms with Crippen molar-refractivity contribution in [2.24, 2.45) is 5.92 Å². The maximum Gasteiger partial charge on any atom is 0.164 e. The first kappa shape index (κ1) is 20.5. The maximum absolute atomic E-state index is 12.4. The van der Waals surface area contributed by atoms with E-state index in [1.807, 2.05) is 30.4 Å². The van der Waals surface area contributed by atoms with E-state index >= 15 is 0 Å². The molecule has 2 unspecified atom stereocenters. The summed E-state index contributed by atoms with van der Waals surface area (Å²) in [6.07, 6.45) is 18.1. The molecule has 0 aromatic rings. The van der Waals surface area contributed by atoms with Crippen LogP contribution in [0, 0.1) is 5.92 Å². The van der Waals surface area contributed by atoms with Gasteiger partial charge in [-0.1, -0.05) is 49.1 Å². The molecule has 1 aliphatic heterocycles. The number of hydrogen-bond acceptors (Lipinski definition) is 4. The second-order valence-electron chi connectivity index (χ2n) is 8.02. The number of nitrogens with zero attached hydrogens (tertiary/aromatic N) is 2. The largest absolute Gasteiger partial charge is 0.372 e. The Labute approximate surface area is 169 Å². The summed E-state index contributed by atoms with van der Waals surface area (Å²) in [5.41, 5.74) is 1.90. The third-order valence-electron chi connectivity index (χ3n) is 5.91. The number of carbonyl (C=O) groups is 2. The van der Waals surface area contributed by atoms with Crippen LogP contribution in [0.5, 0.6) is 0 Å². The van der Waals surface area contributed by atoms with Crippen LogP contribution < -0.4 is 0 Å². The fourth-order valence-electron chi connectivity index (χ4n) is 4.06. The van der Waals surface area contributed by atoms with Crippen LogP contribution in [0.4, 0.5) is 0 Å². The zero-order valence-corrected chi connectivity index (χ0v) is 17.0.